The molecule has 0 aromatic heterocycles. The summed E-state index contributed by atoms with van der Waals surface area (Å²) in [6.07, 6.45) is 3.49. The first-order valence-corrected chi connectivity index (χ1v) is 7.66. The molecule has 1 aromatic rings. The van der Waals surface area contributed by atoms with E-state index in [4.69, 9.17) is 4.74 Å². The van der Waals surface area contributed by atoms with E-state index in [1.54, 1.807) is 6.92 Å². The van der Waals surface area contributed by atoms with Crippen LogP contribution in [0.15, 0.2) is 24.3 Å². The van der Waals surface area contributed by atoms with Gasteiger partial charge in [-0.1, -0.05) is 24.6 Å². The average Bonchev–Trinajstić information content (AvgIpc) is 2.39. The largest absolute Gasteiger partial charge is 0.466 e. The lowest BCUT2D eigenvalue weighted by Gasteiger charge is -2.04. The normalized spacial score (nSPS) is 10.2. The molecule has 0 aliphatic rings. The molecule has 19 heavy (non-hydrogen) atoms. The zero-order chi connectivity index (χ0) is 14.1. The molecule has 0 heterocycles. The second-order valence-corrected chi connectivity index (χ2v) is 5.43. The van der Waals surface area contributed by atoms with Gasteiger partial charge in [-0.15, -0.1) is 0 Å². The van der Waals surface area contributed by atoms with Gasteiger partial charge in [-0.25, -0.2) is 0 Å². The molecule has 4 heteroatoms. The predicted molar refractivity (Wildman–Crippen MR) is 83.2 cm³/mol. The van der Waals surface area contributed by atoms with Crippen LogP contribution in [0.3, 0.4) is 0 Å². The summed E-state index contributed by atoms with van der Waals surface area (Å²) in [4.78, 5) is 23.1. The molecule has 0 amide bonds. The third kappa shape index (κ3) is 6.18. The zero-order valence-electron chi connectivity index (χ0n) is 11.2. The van der Waals surface area contributed by atoms with Gasteiger partial charge in [-0.3, -0.25) is 9.59 Å². The third-order valence-electron chi connectivity index (χ3n) is 2.76. The number of ether oxygens (including phenoxy) is 1. The van der Waals surface area contributed by atoms with Crippen LogP contribution < -0.4 is 0 Å². The van der Waals surface area contributed by atoms with E-state index < -0.39 is 0 Å². The molecule has 0 saturated heterocycles. The highest BCUT2D eigenvalue weighted by Gasteiger charge is 2.09. The maximum absolute atomic E-state index is 12.0. The smallest absolute Gasteiger partial charge is 0.305 e. The minimum Gasteiger partial charge on any atom is -0.466 e. The quantitative estimate of drug-likeness (QED) is 0.299. The number of carbonyl (C=O) groups is 2. The Balaban J connectivity index is 2.21. The Kier molecular flexibility index (Phi) is 7.70. The Hall–Kier alpha value is -0.910. The van der Waals surface area contributed by atoms with Crippen molar-refractivity contribution >= 4 is 34.3 Å². The van der Waals surface area contributed by atoms with Crippen molar-refractivity contribution in [3.05, 3.63) is 33.4 Å². The summed E-state index contributed by atoms with van der Waals surface area (Å²) < 4.78 is 5.84. The van der Waals surface area contributed by atoms with Crippen LogP contribution in [0, 0.1) is 3.57 Å². The fourth-order valence-electron chi connectivity index (χ4n) is 1.79. The number of unbranched alkanes of at least 4 members (excludes halogenated alkanes) is 2. The lowest BCUT2D eigenvalue weighted by atomic mass is 10.0. The van der Waals surface area contributed by atoms with E-state index in [1.165, 1.54) is 0 Å². The van der Waals surface area contributed by atoms with E-state index in [-0.39, 0.29) is 11.8 Å². The minimum absolute atomic E-state index is 0.147. The molecule has 0 radical (unpaired) electrons. The van der Waals surface area contributed by atoms with Crippen molar-refractivity contribution in [2.75, 3.05) is 6.61 Å². The number of carbonyl (C=O) groups excluding carboxylic acids is 2. The number of halogens is 1. The van der Waals surface area contributed by atoms with Crippen LogP contribution in [-0.2, 0) is 9.53 Å². The second-order valence-electron chi connectivity index (χ2n) is 4.27. The van der Waals surface area contributed by atoms with Crippen molar-refractivity contribution in [2.45, 2.75) is 39.0 Å². The van der Waals surface area contributed by atoms with Crippen LogP contribution in [-0.4, -0.2) is 18.4 Å². The molecule has 0 aliphatic carbocycles. The molecule has 0 fully saturated rings. The van der Waals surface area contributed by atoms with Gasteiger partial charge in [0.2, 0.25) is 0 Å². The molecule has 0 spiro atoms. The minimum atomic E-state index is -0.147. The van der Waals surface area contributed by atoms with E-state index in [2.05, 4.69) is 22.6 Å². The number of rotatable bonds is 8. The molecular weight excluding hydrogens is 355 g/mol. The number of hydrogen-bond donors (Lipinski definition) is 0. The van der Waals surface area contributed by atoms with Gasteiger partial charge in [-0.2, -0.15) is 0 Å². The fourth-order valence-corrected chi connectivity index (χ4v) is 2.48. The summed E-state index contributed by atoms with van der Waals surface area (Å²) in [6.45, 7) is 2.24. The molecule has 1 rings (SSSR count). The zero-order valence-corrected chi connectivity index (χ0v) is 13.3. The third-order valence-corrected chi connectivity index (χ3v) is 3.71. The van der Waals surface area contributed by atoms with Crippen molar-refractivity contribution in [2.24, 2.45) is 0 Å². The van der Waals surface area contributed by atoms with Crippen molar-refractivity contribution in [1.29, 1.82) is 0 Å². The van der Waals surface area contributed by atoms with Crippen LogP contribution in [0.2, 0.25) is 0 Å². The molecule has 0 unspecified atom stereocenters. The van der Waals surface area contributed by atoms with Gasteiger partial charge in [0.05, 0.1) is 6.61 Å². The molecule has 3 nitrogen and oxygen atoms in total. The van der Waals surface area contributed by atoms with Crippen molar-refractivity contribution in [3.63, 3.8) is 0 Å². The van der Waals surface area contributed by atoms with Gasteiger partial charge >= 0.3 is 5.97 Å². The van der Waals surface area contributed by atoms with Crippen molar-refractivity contribution in [1.82, 2.24) is 0 Å². The van der Waals surface area contributed by atoms with Gasteiger partial charge in [0, 0.05) is 22.0 Å². The summed E-state index contributed by atoms with van der Waals surface area (Å²) in [5.74, 6) is 0.0348. The highest BCUT2D eigenvalue weighted by Crippen LogP contribution is 2.15. The highest BCUT2D eigenvalue weighted by molar-refractivity contribution is 14.1. The lowest BCUT2D eigenvalue weighted by molar-refractivity contribution is -0.143. The Labute approximate surface area is 127 Å². The summed E-state index contributed by atoms with van der Waals surface area (Å²) in [7, 11) is 0. The van der Waals surface area contributed by atoms with E-state index in [0.717, 1.165) is 28.4 Å². The topological polar surface area (TPSA) is 43.4 Å². The van der Waals surface area contributed by atoms with Crippen LogP contribution in [0.5, 0.6) is 0 Å². The molecule has 0 saturated carbocycles. The fraction of sp³-hybridized carbons (Fsp3) is 0.467. The van der Waals surface area contributed by atoms with Gasteiger partial charge in [0.25, 0.3) is 0 Å². The maximum atomic E-state index is 12.0. The van der Waals surface area contributed by atoms with E-state index in [9.17, 15) is 9.59 Å². The second kappa shape index (κ2) is 9.07. The van der Waals surface area contributed by atoms with E-state index >= 15 is 0 Å². The lowest BCUT2D eigenvalue weighted by Crippen LogP contribution is -2.04. The summed E-state index contributed by atoms with van der Waals surface area (Å²) in [6, 6.07) is 7.62. The van der Waals surface area contributed by atoms with Gasteiger partial charge in [0.1, 0.15) is 0 Å². The summed E-state index contributed by atoms with van der Waals surface area (Å²) in [5.41, 5.74) is 0.800. The predicted octanol–water partition coefficient (Wildman–Crippen LogP) is 3.99. The Bertz CT molecular complexity index is 429. The number of Topliss-reactive ketones (excluding diaryl/α,β-unsaturated/α-hetero) is 1. The van der Waals surface area contributed by atoms with Crippen LogP contribution >= 0.6 is 22.6 Å². The Morgan fingerprint density at radius 2 is 1.79 bits per heavy atom. The number of hydrogen-bond acceptors (Lipinski definition) is 3. The number of esters is 1. The maximum Gasteiger partial charge on any atom is 0.305 e. The van der Waals surface area contributed by atoms with Gasteiger partial charge < -0.3 is 4.74 Å². The standard InChI is InChI=1S/C15H19IO3/c1-2-19-15(18)11-5-3-4-10-14(17)12-8-6-7-9-13(12)16/h6-9H,2-5,10-11H2,1H3. The summed E-state index contributed by atoms with van der Waals surface area (Å²) in [5, 5.41) is 0. The first-order valence-electron chi connectivity index (χ1n) is 6.58. The highest BCUT2D eigenvalue weighted by atomic mass is 127. The number of benzene rings is 1. The molecule has 0 N–H and O–H groups in total. The Morgan fingerprint density at radius 1 is 1.11 bits per heavy atom. The van der Waals surface area contributed by atoms with E-state index in [1.807, 2.05) is 24.3 Å². The average molecular weight is 374 g/mol. The molecule has 0 bridgehead atoms. The van der Waals surface area contributed by atoms with Crippen LogP contribution in [0.4, 0.5) is 0 Å². The van der Waals surface area contributed by atoms with Crippen molar-refractivity contribution in [3.8, 4) is 0 Å². The first-order chi connectivity index (χ1) is 9.15. The molecule has 104 valence electrons. The van der Waals surface area contributed by atoms with Crippen molar-refractivity contribution < 1.29 is 14.3 Å². The van der Waals surface area contributed by atoms with E-state index in [0.29, 0.717) is 19.4 Å². The molecular formula is C15H19IO3. The first kappa shape index (κ1) is 16.1. The molecule has 1 aromatic carbocycles. The molecule has 0 aliphatic heterocycles. The summed E-state index contributed by atoms with van der Waals surface area (Å²) >= 11 is 2.18. The van der Waals surface area contributed by atoms with Crippen LogP contribution in [0.1, 0.15) is 49.4 Å². The molecule has 0 atom stereocenters. The monoisotopic (exact) mass is 374 g/mol. The SMILES string of the molecule is CCOC(=O)CCCCCC(=O)c1ccccc1I. The van der Waals surface area contributed by atoms with Gasteiger partial charge in [0.15, 0.2) is 5.78 Å². The van der Waals surface area contributed by atoms with Crippen LogP contribution in [0.25, 0.3) is 0 Å². The number of ketones is 1. The van der Waals surface area contributed by atoms with Gasteiger partial charge in [-0.05, 0) is 48.4 Å². The Morgan fingerprint density at radius 3 is 2.47 bits per heavy atom.